The van der Waals surface area contributed by atoms with Crippen molar-refractivity contribution in [3.8, 4) is 16.9 Å². The number of amides is 1. The number of methoxy groups -OCH3 is 1. The summed E-state index contributed by atoms with van der Waals surface area (Å²) >= 11 is 0. The number of anilines is 1. The van der Waals surface area contributed by atoms with Crippen LogP contribution in [0, 0.1) is 6.92 Å². The summed E-state index contributed by atoms with van der Waals surface area (Å²) in [5, 5.41) is 3.04. The second kappa shape index (κ2) is 6.96. The number of aryl methyl sites for hydroxylation is 1. The minimum absolute atomic E-state index is 0.0427. The lowest BCUT2D eigenvalue weighted by atomic mass is 9.94. The van der Waals surface area contributed by atoms with Gasteiger partial charge in [0.2, 0.25) is 0 Å². The Labute approximate surface area is 170 Å². The number of aromatic nitrogens is 1. The Kier molecular flexibility index (Phi) is 4.27. The van der Waals surface area contributed by atoms with Crippen molar-refractivity contribution in [1.82, 2.24) is 4.98 Å². The maximum absolute atomic E-state index is 12.7. The first kappa shape index (κ1) is 17.8. The molecule has 1 aromatic heterocycles. The highest BCUT2D eigenvalue weighted by Crippen LogP contribution is 2.37. The van der Waals surface area contributed by atoms with Crippen LogP contribution in [0.15, 0.2) is 42.5 Å². The third kappa shape index (κ3) is 3.05. The van der Waals surface area contributed by atoms with Crippen molar-refractivity contribution in [2.24, 2.45) is 0 Å². The molecule has 2 heterocycles. The molecule has 4 nitrogen and oxygen atoms in total. The molecule has 0 saturated carbocycles. The molecule has 1 aliphatic carbocycles. The van der Waals surface area contributed by atoms with Gasteiger partial charge in [0.05, 0.1) is 12.7 Å². The van der Waals surface area contributed by atoms with Gasteiger partial charge < -0.3 is 15.0 Å². The largest absolute Gasteiger partial charge is 0.497 e. The van der Waals surface area contributed by atoms with Crippen LogP contribution in [0.4, 0.5) is 5.69 Å². The van der Waals surface area contributed by atoms with E-state index in [2.05, 4.69) is 23.3 Å². The number of ether oxygens (including phenoxy) is 1. The Morgan fingerprint density at radius 1 is 1.00 bits per heavy atom. The summed E-state index contributed by atoms with van der Waals surface area (Å²) in [6, 6.07) is 14.1. The molecule has 3 aromatic rings. The molecule has 5 rings (SSSR count). The van der Waals surface area contributed by atoms with E-state index in [4.69, 9.17) is 4.74 Å². The molecule has 4 heteroatoms. The van der Waals surface area contributed by atoms with Gasteiger partial charge in [-0.15, -0.1) is 0 Å². The fraction of sp³-hybridized carbons (Fsp3) is 0.240. The van der Waals surface area contributed by atoms with Crippen molar-refractivity contribution < 1.29 is 9.53 Å². The lowest BCUT2D eigenvalue weighted by Gasteiger charge is -2.10. The molecule has 0 saturated heterocycles. The Morgan fingerprint density at radius 2 is 1.76 bits per heavy atom. The summed E-state index contributed by atoms with van der Waals surface area (Å²) in [6.45, 7) is 2.16. The molecular formula is C25H24N2O2. The number of H-pyrrole nitrogens is 1. The smallest absolute Gasteiger partial charge is 0.256 e. The molecule has 2 aliphatic rings. The second-order valence-electron chi connectivity index (χ2n) is 7.83. The Morgan fingerprint density at radius 3 is 2.52 bits per heavy atom. The number of benzene rings is 2. The quantitative estimate of drug-likeness (QED) is 0.597. The van der Waals surface area contributed by atoms with Crippen LogP contribution in [0.5, 0.6) is 5.75 Å². The molecule has 29 heavy (non-hydrogen) atoms. The van der Waals surface area contributed by atoms with Gasteiger partial charge in [-0.2, -0.15) is 0 Å². The van der Waals surface area contributed by atoms with Gasteiger partial charge in [-0.25, -0.2) is 0 Å². The van der Waals surface area contributed by atoms with Gasteiger partial charge >= 0.3 is 0 Å². The Bertz CT molecular complexity index is 1140. The number of aromatic amines is 1. The van der Waals surface area contributed by atoms with Crippen LogP contribution in [0.1, 0.15) is 40.9 Å². The zero-order valence-corrected chi connectivity index (χ0v) is 16.8. The first-order valence-electron chi connectivity index (χ1n) is 10.2. The van der Waals surface area contributed by atoms with Crippen molar-refractivity contribution in [3.05, 3.63) is 70.5 Å². The van der Waals surface area contributed by atoms with E-state index in [1.165, 1.54) is 29.7 Å². The maximum Gasteiger partial charge on any atom is 0.256 e. The molecule has 0 radical (unpaired) electrons. The van der Waals surface area contributed by atoms with Crippen molar-refractivity contribution >= 4 is 23.2 Å². The van der Waals surface area contributed by atoms with Crippen LogP contribution in [0.25, 0.3) is 22.8 Å². The normalized spacial score (nSPS) is 16.5. The number of carbonyl (C=O) groups is 1. The highest BCUT2D eigenvalue weighted by Gasteiger charge is 2.26. The number of hydrogen-bond acceptors (Lipinski definition) is 2. The highest BCUT2D eigenvalue weighted by atomic mass is 16.5. The molecule has 1 amide bonds. The van der Waals surface area contributed by atoms with Crippen LogP contribution in [-0.2, 0) is 17.6 Å². The molecular weight excluding hydrogens is 360 g/mol. The molecule has 0 bridgehead atoms. The van der Waals surface area contributed by atoms with E-state index in [0.29, 0.717) is 0 Å². The zero-order chi connectivity index (χ0) is 20.0. The van der Waals surface area contributed by atoms with Gasteiger partial charge in [0.25, 0.3) is 5.91 Å². The SMILES string of the molecule is COc1ccc(-c2ccc3c(c2)NC(=O)/C3=C\c2[nH]c3c(c2C)CCCC3)cc1. The van der Waals surface area contributed by atoms with Gasteiger partial charge in [0.1, 0.15) is 5.75 Å². The zero-order valence-electron chi connectivity index (χ0n) is 16.8. The topological polar surface area (TPSA) is 54.1 Å². The third-order valence-electron chi connectivity index (χ3n) is 6.12. The van der Waals surface area contributed by atoms with Crippen LogP contribution in [-0.4, -0.2) is 18.0 Å². The van der Waals surface area contributed by atoms with Gasteiger partial charge in [-0.1, -0.05) is 24.3 Å². The predicted molar refractivity (Wildman–Crippen MR) is 117 cm³/mol. The standard InChI is InChI=1S/C25H24N2O2/c1-15-19-5-3-4-6-22(19)26-23(15)14-21-20-12-9-17(13-24(20)27-25(21)28)16-7-10-18(29-2)11-8-16/h7-14,26H,3-6H2,1-2H3,(H,27,28)/b21-14-. The van der Waals surface area contributed by atoms with Crippen LogP contribution in [0.3, 0.4) is 0 Å². The Hall–Kier alpha value is -3.27. The molecule has 0 unspecified atom stereocenters. The van der Waals surface area contributed by atoms with Crippen molar-refractivity contribution in [2.45, 2.75) is 32.6 Å². The molecule has 0 spiro atoms. The average molecular weight is 384 g/mol. The van der Waals surface area contributed by atoms with E-state index in [0.717, 1.165) is 52.2 Å². The van der Waals surface area contributed by atoms with Gasteiger partial charge in [-0.05, 0) is 79.1 Å². The number of carbonyl (C=O) groups excluding carboxylic acids is 1. The number of nitrogens with one attached hydrogen (secondary N) is 2. The monoisotopic (exact) mass is 384 g/mol. The third-order valence-corrected chi connectivity index (χ3v) is 6.12. The van der Waals surface area contributed by atoms with Crippen molar-refractivity contribution in [2.75, 3.05) is 12.4 Å². The number of fused-ring (bicyclic) bond motifs is 2. The lowest BCUT2D eigenvalue weighted by Crippen LogP contribution is -2.03. The second-order valence-corrected chi connectivity index (χ2v) is 7.83. The van der Waals surface area contributed by atoms with Gasteiger partial charge in [0, 0.05) is 22.6 Å². The molecule has 2 N–H and O–H groups in total. The van der Waals surface area contributed by atoms with Crippen LogP contribution in [0.2, 0.25) is 0 Å². The molecule has 146 valence electrons. The van der Waals surface area contributed by atoms with E-state index >= 15 is 0 Å². The molecule has 2 aromatic carbocycles. The number of rotatable bonds is 3. The van der Waals surface area contributed by atoms with E-state index < -0.39 is 0 Å². The highest BCUT2D eigenvalue weighted by molar-refractivity contribution is 6.35. The summed E-state index contributed by atoms with van der Waals surface area (Å²) in [5.74, 6) is 0.788. The van der Waals surface area contributed by atoms with Crippen LogP contribution >= 0.6 is 0 Å². The predicted octanol–water partition coefficient (Wildman–Crippen LogP) is 5.37. The van der Waals surface area contributed by atoms with E-state index in [1.54, 1.807) is 7.11 Å². The fourth-order valence-corrected chi connectivity index (χ4v) is 4.47. The number of hydrogen-bond donors (Lipinski definition) is 2. The Balaban J connectivity index is 1.51. The summed E-state index contributed by atoms with van der Waals surface area (Å²) in [5.41, 5.74) is 9.83. The minimum Gasteiger partial charge on any atom is -0.497 e. The lowest BCUT2D eigenvalue weighted by molar-refractivity contribution is -0.110. The molecule has 0 atom stereocenters. The summed E-state index contributed by atoms with van der Waals surface area (Å²) < 4.78 is 5.24. The minimum atomic E-state index is -0.0427. The fourth-order valence-electron chi connectivity index (χ4n) is 4.47. The van der Waals surface area contributed by atoms with E-state index in [9.17, 15) is 4.79 Å². The summed E-state index contributed by atoms with van der Waals surface area (Å²) in [7, 11) is 1.66. The van der Waals surface area contributed by atoms with Gasteiger partial charge in [-0.3, -0.25) is 4.79 Å². The summed E-state index contributed by atoms with van der Waals surface area (Å²) in [4.78, 5) is 16.3. The molecule has 0 fully saturated rings. The van der Waals surface area contributed by atoms with Crippen LogP contribution < -0.4 is 10.1 Å². The van der Waals surface area contributed by atoms with Crippen molar-refractivity contribution in [1.29, 1.82) is 0 Å². The van der Waals surface area contributed by atoms with Crippen molar-refractivity contribution in [3.63, 3.8) is 0 Å². The van der Waals surface area contributed by atoms with E-state index in [-0.39, 0.29) is 5.91 Å². The maximum atomic E-state index is 12.7. The molecule has 1 aliphatic heterocycles. The first-order valence-corrected chi connectivity index (χ1v) is 10.2. The average Bonchev–Trinajstić information content (AvgIpc) is 3.24. The van der Waals surface area contributed by atoms with E-state index in [1.807, 2.05) is 42.5 Å². The summed E-state index contributed by atoms with van der Waals surface area (Å²) in [6.07, 6.45) is 6.74. The first-order chi connectivity index (χ1) is 14.1. The van der Waals surface area contributed by atoms with Gasteiger partial charge in [0.15, 0.2) is 0 Å².